The first-order chi connectivity index (χ1) is 10.1. The van der Waals surface area contributed by atoms with Crippen molar-refractivity contribution in [1.82, 2.24) is 4.98 Å². The van der Waals surface area contributed by atoms with Crippen molar-refractivity contribution >= 4 is 28.8 Å². The second-order valence-electron chi connectivity index (χ2n) is 4.59. The monoisotopic (exact) mass is 305 g/mol. The van der Waals surface area contributed by atoms with E-state index >= 15 is 0 Å². The number of nitro groups is 1. The molecule has 0 spiro atoms. The van der Waals surface area contributed by atoms with E-state index in [4.69, 9.17) is 0 Å². The Morgan fingerprint density at radius 2 is 2.33 bits per heavy atom. The van der Waals surface area contributed by atoms with Crippen molar-refractivity contribution < 1.29 is 14.8 Å². The van der Waals surface area contributed by atoms with Gasteiger partial charge in [-0.25, -0.2) is 9.78 Å². The first-order valence-corrected chi connectivity index (χ1v) is 7.12. The van der Waals surface area contributed by atoms with Crippen LogP contribution in [0.5, 0.6) is 0 Å². The van der Waals surface area contributed by atoms with Crippen LogP contribution in [0.3, 0.4) is 0 Å². The standard InChI is InChI=1S/C13H11N3O4S/c17-13(18)11-8-4-7-21-10(8)3-6-15(11)12-9(16(19)20)2-1-5-14-12/h1-2,4-5,7,11H,3,6H2,(H,17,18). The number of rotatable bonds is 3. The summed E-state index contributed by atoms with van der Waals surface area (Å²) in [6.07, 6.45) is 2.09. The largest absolute Gasteiger partial charge is 0.479 e. The van der Waals surface area contributed by atoms with Gasteiger partial charge in [-0.1, -0.05) is 0 Å². The van der Waals surface area contributed by atoms with E-state index in [0.717, 1.165) is 4.88 Å². The molecule has 2 aromatic rings. The topological polar surface area (TPSA) is 96.6 Å². The van der Waals surface area contributed by atoms with Crippen LogP contribution in [0.25, 0.3) is 0 Å². The number of carboxylic acids is 1. The molecular weight excluding hydrogens is 294 g/mol. The van der Waals surface area contributed by atoms with Gasteiger partial charge in [0.1, 0.15) is 0 Å². The molecule has 1 aliphatic rings. The maximum absolute atomic E-state index is 11.6. The molecule has 0 aromatic carbocycles. The summed E-state index contributed by atoms with van der Waals surface area (Å²) in [7, 11) is 0. The number of carbonyl (C=O) groups is 1. The van der Waals surface area contributed by atoms with Crippen LogP contribution < -0.4 is 4.90 Å². The first-order valence-electron chi connectivity index (χ1n) is 6.24. The van der Waals surface area contributed by atoms with Crippen molar-refractivity contribution in [2.24, 2.45) is 0 Å². The highest BCUT2D eigenvalue weighted by molar-refractivity contribution is 7.10. The minimum Gasteiger partial charge on any atom is -0.479 e. The van der Waals surface area contributed by atoms with E-state index < -0.39 is 16.9 Å². The minimum atomic E-state index is -1.03. The molecule has 3 heterocycles. The molecule has 1 unspecified atom stereocenters. The van der Waals surface area contributed by atoms with Crippen LogP contribution in [0.2, 0.25) is 0 Å². The van der Waals surface area contributed by atoms with Crippen LogP contribution in [0.15, 0.2) is 29.8 Å². The first kappa shape index (κ1) is 13.5. The van der Waals surface area contributed by atoms with Crippen molar-refractivity contribution in [3.05, 3.63) is 50.3 Å². The van der Waals surface area contributed by atoms with E-state index in [9.17, 15) is 20.0 Å². The number of aromatic nitrogens is 1. The highest BCUT2D eigenvalue weighted by Crippen LogP contribution is 2.38. The van der Waals surface area contributed by atoms with Gasteiger partial charge in [0, 0.05) is 23.7 Å². The lowest BCUT2D eigenvalue weighted by atomic mass is 10.00. The lowest BCUT2D eigenvalue weighted by Crippen LogP contribution is -2.40. The van der Waals surface area contributed by atoms with Gasteiger partial charge in [-0.15, -0.1) is 11.3 Å². The second-order valence-corrected chi connectivity index (χ2v) is 5.59. The summed E-state index contributed by atoms with van der Waals surface area (Å²) >= 11 is 1.51. The number of nitrogens with zero attached hydrogens (tertiary/aromatic N) is 3. The molecule has 0 saturated heterocycles. The fraction of sp³-hybridized carbons (Fsp3) is 0.231. The summed E-state index contributed by atoms with van der Waals surface area (Å²) in [6.45, 7) is 0.391. The molecule has 1 N–H and O–H groups in total. The number of fused-ring (bicyclic) bond motifs is 1. The Morgan fingerprint density at radius 3 is 3.05 bits per heavy atom. The number of anilines is 1. The third kappa shape index (κ3) is 2.23. The molecule has 0 aliphatic carbocycles. The van der Waals surface area contributed by atoms with Crippen LogP contribution >= 0.6 is 11.3 Å². The summed E-state index contributed by atoms with van der Waals surface area (Å²) in [5.74, 6) is -0.930. The van der Waals surface area contributed by atoms with Gasteiger partial charge in [-0.2, -0.15) is 0 Å². The summed E-state index contributed by atoms with van der Waals surface area (Å²) in [5, 5.41) is 22.5. The van der Waals surface area contributed by atoms with Crippen molar-refractivity contribution in [3.63, 3.8) is 0 Å². The quantitative estimate of drug-likeness (QED) is 0.690. The van der Waals surface area contributed by atoms with Gasteiger partial charge in [-0.05, 0) is 29.5 Å². The highest BCUT2D eigenvalue weighted by Gasteiger charge is 2.37. The average molecular weight is 305 g/mol. The van der Waals surface area contributed by atoms with Crippen LogP contribution in [0, 0.1) is 10.1 Å². The van der Waals surface area contributed by atoms with E-state index in [-0.39, 0.29) is 11.5 Å². The van der Waals surface area contributed by atoms with Gasteiger partial charge in [0.05, 0.1) is 4.92 Å². The molecule has 0 bridgehead atoms. The molecule has 108 valence electrons. The summed E-state index contributed by atoms with van der Waals surface area (Å²) in [4.78, 5) is 28.8. The van der Waals surface area contributed by atoms with Crippen molar-refractivity contribution in [2.45, 2.75) is 12.5 Å². The van der Waals surface area contributed by atoms with Gasteiger partial charge in [-0.3, -0.25) is 10.1 Å². The average Bonchev–Trinajstić information content (AvgIpc) is 2.94. The van der Waals surface area contributed by atoms with E-state index in [2.05, 4.69) is 4.98 Å². The van der Waals surface area contributed by atoms with E-state index in [0.29, 0.717) is 18.5 Å². The zero-order valence-electron chi connectivity index (χ0n) is 10.8. The van der Waals surface area contributed by atoms with Crippen molar-refractivity contribution in [2.75, 3.05) is 11.4 Å². The van der Waals surface area contributed by atoms with Crippen LogP contribution in [-0.4, -0.2) is 27.5 Å². The fourth-order valence-electron chi connectivity index (χ4n) is 2.56. The zero-order valence-corrected chi connectivity index (χ0v) is 11.6. The SMILES string of the molecule is O=C(O)C1c2ccsc2CCN1c1ncccc1[N+](=O)[O-]. The molecular formula is C13H11N3O4S. The van der Waals surface area contributed by atoms with E-state index in [1.807, 2.05) is 5.38 Å². The molecule has 1 aliphatic heterocycles. The van der Waals surface area contributed by atoms with Crippen molar-refractivity contribution in [1.29, 1.82) is 0 Å². The highest BCUT2D eigenvalue weighted by atomic mass is 32.1. The van der Waals surface area contributed by atoms with Crippen LogP contribution in [-0.2, 0) is 11.2 Å². The van der Waals surface area contributed by atoms with E-state index in [1.165, 1.54) is 34.6 Å². The molecule has 0 radical (unpaired) electrons. The number of hydrogen-bond donors (Lipinski definition) is 1. The Bertz CT molecular complexity index is 715. The third-order valence-electron chi connectivity index (χ3n) is 3.43. The Hall–Kier alpha value is -2.48. The van der Waals surface area contributed by atoms with Crippen molar-refractivity contribution in [3.8, 4) is 0 Å². The Balaban J connectivity index is 2.11. The Morgan fingerprint density at radius 1 is 1.52 bits per heavy atom. The summed E-state index contributed by atoms with van der Waals surface area (Å²) < 4.78 is 0. The van der Waals surface area contributed by atoms with Gasteiger partial charge < -0.3 is 10.0 Å². The Labute approximate surface area is 123 Å². The van der Waals surface area contributed by atoms with E-state index in [1.54, 1.807) is 6.07 Å². The maximum atomic E-state index is 11.6. The smallest absolute Gasteiger partial charge is 0.331 e. The molecule has 2 aromatic heterocycles. The predicted molar refractivity (Wildman–Crippen MR) is 76.6 cm³/mol. The number of hydrogen-bond acceptors (Lipinski definition) is 6. The number of thiophene rings is 1. The van der Waals surface area contributed by atoms with Gasteiger partial charge in [0.2, 0.25) is 5.82 Å². The molecule has 3 rings (SSSR count). The van der Waals surface area contributed by atoms with Gasteiger partial charge >= 0.3 is 11.7 Å². The van der Waals surface area contributed by atoms with Gasteiger partial charge in [0.25, 0.3) is 0 Å². The number of aliphatic carboxylic acids is 1. The summed E-state index contributed by atoms with van der Waals surface area (Å²) in [5.41, 5.74) is 0.515. The maximum Gasteiger partial charge on any atom is 0.331 e. The second kappa shape index (κ2) is 5.13. The van der Waals surface area contributed by atoms with Crippen LogP contribution in [0.1, 0.15) is 16.5 Å². The number of carboxylic acid groups (broad SMARTS) is 1. The Kier molecular flexibility index (Phi) is 3.30. The molecule has 7 nitrogen and oxygen atoms in total. The third-order valence-corrected chi connectivity index (χ3v) is 4.43. The fourth-order valence-corrected chi connectivity index (χ4v) is 3.47. The van der Waals surface area contributed by atoms with Gasteiger partial charge in [0.15, 0.2) is 6.04 Å². The molecule has 21 heavy (non-hydrogen) atoms. The zero-order chi connectivity index (χ0) is 15.0. The van der Waals surface area contributed by atoms with Crippen LogP contribution in [0.4, 0.5) is 11.5 Å². The molecule has 0 fully saturated rings. The molecule has 0 amide bonds. The molecule has 8 heteroatoms. The minimum absolute atomic E-state index is 0.103. The molecule has 0 saturated carbocycles. The summed E-state index contributed by atoms with van der Waals surface area (Å²) in [6, 6.07) is 3.63. The number of pyridine rings is 1. The lowest BCUT2D eigenvalue weighted by Gasteiger charge is -2.33. The normalized spacial score (nSPS) is 17.3. The predicted octanol–water partition coefficient (Wildman–Crippen LogP) is 2.24. The lowest BCUT2D eigenvalue weighted by molar-refractivity contribution is -0.384. The molecule has 1 atom stereocenters.